The second-order valence-corrected chi connectivity index (χ2v) is 6.89. The normalized spacial score (nSPS) is 11.4. The summed E-state index contributed by atoms with van der Waals surface area (Å²) < 4.78 is 28.3. The summed E-state index contributed by atoms with van der Waals surface area (Å²) in [6.45, 7) is 0. The molecule has 1 heterocycles. The largest absolute Gasteiger partial charge is 0.478 e. The summed E-state index contributed by atoms with van der Waals surface area (Å²) in [7, 11) is -2.50. The van der Waals surface area contributed by atoms with Crippen LogP contribution in [0.15, 0.2) is 33.9 Å². The first-order chi connectivity index (χ1) is 9.72. The molecule has 7 nitrogen and oxygen atoms in total. The number of aromatic nitrogens is 2. The molecule has 2 rings (SSSR count). The number of hydrogen-bond acceptors (Lipinski definition) is 4. The van der Waals surface area contributed by atoms with E-state index in [-0.39, 0.29) is 21.3 Å². The van der Waals surface area contributed by atoms with E-state index in [4.69, 9.17) is 16.7 Å². The molecule has 0 bridgehead atoms. The van der Waals surface area contributed by atoms with Gasteiger partial charge in [-0.1, -0.05) is 11.6 Å². The number of carboxylic acid groups (broad SMARTS) is 1. The minimum Gasteiger partial charge on any atom is -0.478 e. The van der Waals surface area contributed by atoms with E-state index in [2.05, 4.69) is 25.8 Å². The Balaban J connectivity index is 2.40. The van der Waals surface area contributed by atoms with Crippen LogP contribution in [0, 0.1) is 0 Å². The van der Waals surface area contributed by atoms with Crippen molar-refractivity contribution in [2.75, 3.05) is 4.72 Å². The molecule has 0 radical (unpaired) electrons. The lowest BCUT2D eigenvalue weighted by molar-refractivity contribution is 0.0697. The van der Waals surface area contributed by atoms with E-state index in [1.807, 2.05) is 0 Å². The van der Waals surface area contributed by atoms with E-state index in [1.165, 1.54) is 31.4 Å². The lowest BCUT2D eigenvalue weighted by atomic mass is 10.2. The third-order valence-corrected chi connectivity index (χ3v) is 5.08. The molecule has 0 aliphatic carbocycles. The smallest absolute Gasteiger partial charge is 0.335 e. The fraction of sp³-hybridized carbons (Fsp3) is 0.0909. The Morgan fingerprint density at radius 1 is 1.48 bits per heavy atom. The van der Waals surface area contributed by atoms with Crippen LogP contribution in [-0.2, 0) is 17.1 Å². The van der Waals surface area contributed by atoms with Gasteiger partial charge in [0.2, 0.25) is 0 Å². The molecule has 0 atom stereocenters. The van der Waals surface area contributed by atoms with Gasteiger partial charge >= 0.3 is 5.97 Å². The third kappa shape index (κ3) is 3.20. The molecule has 0 fully saturated rings. The van der Waals surface area contributed by atoms with E-state index in [1.54, 1.807) is 0 Å². The van der Waals surface area contributed by atoms with Crippen LogP contribution in [0.4, 0.5) is 5.69 Å². The quantitative estimate of drug-likeness (QED) is 0.829. The van der Waals surface area contributed by atoms with Crippen molar-refractivity contribution in [3.8, 4) is 0 Å². The molecule has 0 saturated carbocycles. The van der Waals surface area contributed by atoms with Crippen LogP contribution in [0.5, 0.6) is 0 Å². The standard InChI is InChI=1S/C11H9BrClN3O4S/c1-16-10(8(13)5-14-16)21(19,20)15-9-3-2-6(11(17)18)4-7(9)12/h2-5,15H,1H3,(H,17,18). The summed E-state index contributed by atoms with van der Waals surface area (Å²) in [5, 5.41) is 12.4. The molecular weight excluding hydrogens is 386 g/mol. The molecule has 2 N–H and O–H groups in total. The van der Waals surface area contributed by atoms with Crippen molar-refractivity contribution >= 4 is 49.2 Å². The van der Waals surface area contributed by atoms with Gasteiger partial charge in [-0.15, -0.1) is 0 Å². The lowest BCUT2D eigenvalue weighted by Gasteiger charge is -2.10. The summed E-state index contributed by atoms with van der Waals surface area (Å²) in [6, 6.07) is 3.93. The molecule has 21 heavy (non-hydrogen) atoms. The van der Waals surface area contributed by atoms with Gasteiger partial charge in [-0.05, 0) is 34.1 Å². The fourth-order valence-corrected chi connectivity index (χ4v) is 3.97. The molecule has 0 aliphatic heterocycles. The summed E-state index contributed by atoms with van der Waals surface area (Å²) in [4.78, 5) is 10.8. The van der Waals surface area contributed by atoms with Crippen LogP contribution in [0.1, 0.15) is 10.4 Å². The van der Waals surface area contributed by atoms with Crippen molar-refractivity contribution in [1.29, 1.82) is 0 Å². The van der Waals surface area contributed by atoms with Crippen LogP contribution in [-0.4, -0.2) is 29.3 Å². The van der Waals surface area contributed by atoms with E-state index in [9.17, 15) is 13.2 Å². The van der Waals surface area contributed by atoms with Crippen molar-refractivity contribution in [2.45, 2.75) is 5.03 Å². The Morgan fingerprint density at radius 2 is 2.14 bits per heavy atom. The first kappa shape index (κ1) is 15.8. The van der Waals surface area contributed by atoms with E-state index >= 15 is 0 Å². The number of nitrogens with zero attached hydrogens (tertiary/aromatic N) is 2. The Hall–Kier alpha value is -1.58. The van der Waals surface area contributed by atoms with Crippen LogP contribution in [0.2, 0.25) is 5.02 Å². The lowest BCUT2D eigenvalue weighted by Crippen LogP contribution is -2.17. The average Bonchev–Trinajstić information content (AvgIpc) is 2.71. The first-order valence-electron chi connectivity index (χ1n) is 5.45. The molecule has 2 aromatic rings. The number of benzene rings is 1. The molecule has 10 heteroatoms. The van der Waals surface area contributed by atoms with Gasteiger partial charge in [0.05, 0.1) is 22.5 Å². The monoisotopic (exact) mass is 393 g/mol. The minimum atomic E-state index is -3.95. The van der Waals surface area contributed by atoms with Crippen LogP contribution >= 0.6 is 27.5 Å². The van der Waals surface area contributed by atoms with Gasteiger partial charge in [-0.3, -0.25) is 9.40 Å². The van der Waals surface area contributed by atoms with Gasteiger partial charge in [0, 0.05) is 11.5 Å². The highest BCUT2D eigenvalue weighted by molar-refractivity contribution is 9.10. The van der Waals surface area contributed by atoms with Gasteiger partial charge < -0.3 is 5.11 Å². The number of anilines is 1. The predicted molar refractivity (Wildman–Crippen MR) is 80.1 cm³/mol. The summed E-state index contributed by atoms with van der Waals surface area (Å²) in [5.41, 5.74) is 0.223. The maximum absolute atomic E-state index is 12.3. The number of aromatic carboxylic acids is 1. The molecule has 1 aromatic heterocycles. The number of nitrogens with one attached hydrogen (secondary N) is 1. The summed E-state index contributed by atoms with van der Waals surface area (Å²) >= 11 is 8.93. The molecule has 0 aliphatic rings. The Morgan fingerprint density at radius 3 is 2.62 bits per heavy atom. The van der Waals surface area contributed by atoms with Gasteiger partial charge in [0.1, 0.15) is 0 Å². The molecule has 0 saturated heterocycles. The van der Waals surface area contributed by atoms with Gasteiger partial charge in [-0.25, -0.2) is 4.79 Å². The molecule has 0 unspecified atom stereocenters. The second kappa shape index (κ2) is 5.66. The number of hydrogen-bond donors (Lipinski definition) is 2. The van der Waals surface area contributed by atoms with Crippen molar-refractivity contribution in [3.63, 3.8) is 0 Å². The second-order valence-electron chi connectivity index (χ2n) is 4.03. The van der Waals surface area contributed by atoms with Crippen LogP contribution in [0.3, 0.4) is 0 Å². The number of carbonyl (C=O) groups is 1. The number of rotatable bonds is 4. The Kier molecular flexibility index (Phi) is 4.26. The maximum atomic E-state index is 12.3. The summed E-state index contributed by atoms with van der Waals surface area (Å²) in [5.74, 6) is -1.11. The maximum Gasteiger partial charge on any atom is 0.335 e. The molecule has 0 amide bonds. The number of carboxylic acids is 1. The van der Waals surface area contributed by atoms with E-state index in [0.29, 0.717) is 4.47 Å². The van der Waals surface area contributed by atoms with Gasteiger partial charge in [0.15, 0.2) is 5.03 Å². The fourth-order valence-electron chi connectivity index (χ4n) is 1.63. The number of halogens is 2. The Labute approximate surface area is 133 Å². The van der Waals surface area contributed by atoms with Crippen molar-refractivity contribution in [3.05, 3.63) is 39.5 Å². The number of aryl methyl sites for hydroxylation is 1. The SMILES string of the molecule is Cn1ncc(Cl)c1S(=O)(=O)Nc1ccc(C(=O)O)cc1Br. The third-order valence-electron chi connectivity index (χ3n) is 2.56. The first-order valence-corrected chi connectivity index (χ1v) is 8.11. The topological polar surface area (TPSA) is 101 Å². The van der Waals surface area contributed by atoms with Gasteiger partial charge in [-0.2, -0.15) is 13.5 Å². The molecule has 112 valence electrons. The molecule has 0 spiro atoms. The van der Waals surface area contributed by atoms with Crippen LogP contribution < -0.4 is 4.72 Å². The van der Waals surface area contributed by atoms with Crippen molar-refractivity contribution in [1.82, 2.24) is 9.78 Å². The minimum absolute atomic E-state index is 0.0109. The molecule has 1 aromatic carbocycles. The highest BCUT2D eigenvalue weighted by atomic mass is 79.9. The highest BCUT2D eigenvalue weighted by Crippen LogP contribution is 2.28. The van der Waals surface area contributed by atoms with E-state index in [0.717, 1.165) is 4.68 Å². The van der Waals surface area contributed by atoms with E-state index < -0.39 is 16.0 Å². The van der Waals surface area contributed by atoms with Gasteiger partial charge in [0.25, 0.3) is 10.0 Å². The molecular formula is C11H9BrClN3O4S. The summed E-state index contributed by atoms with van der Waals surface area (Å²) in [6.07, 6.45) is 1.22. The van der Waals surface area contributed by atoms with Crippen molar-refractivity contribution < 1.29 is 18.3 Å². The zero-order chi connectivity index (χ0) is 15.8. The predicted octanol–water partition coefficient (Wildman–Crippen LogP) is 2.33. The van der Waals surface area contributed by atoms with Crippen LogP contribution in [0.25, 0.3) is 0 Å². The van der Waals surface area contributed by atoms with Crippen molar-refractivity contribution in [2.24, 2.45) is 7.05 Å². The average molecular weight is 395 g/mol. The number of sulfonamides is 1. The Bertz CT molecular complexity index is 799. The zero-order valence-corrected chi connectivity index (χ0v) is 13.7. The zero-order valence-electron chi connectivity index (χ0n) is 10.5. The highest BCUT2D eigenvalue weighted by Gasteiger charge is 2.23.